The van der Waals surface area contributed by atoms with Gasteiger partial charge in [0.2, 0.25) is 5.91 Å². The zero-order valence-corrected chi connectivity index (χ0v) is 20.5. The molecule has 1 unspecified atom stereocenters. The van der Waals surface area contributed by atoms with Crippen LogP contribution in [0.2, 0.25) is 0 Å². The second kappa shape index (κ2) is 9.06. The Balaban J connectivity index is 1.39. The lowest BCUT2D eigenvalue weighted by Crippen LogP contribution is -2.26. The van der Waals surface area contributed by atoms with E-state index in [4.69, 9.17) is 5.73 Å². The van der Waals surface area contributed by atoms with Crippen LogP contribution in [0.1, 0.15) is 80.4 Å². The summed E-state index contributed by atoms with van der Waals surface area (Å²) in [6, 6.07) is 21.8. The van der Waals surface area contributed by atoms with E-state index in [0.29, 0.717) is 23.6 Å². The molecule has 1 atom stereocenters. The van der Waals surface area contributed by atoms with E-state index in [2.05, 4.69) is 48.0 Å². The minimum atomic E-state index is -0.429. The number of carbonyl (C=O) groups is 2. The molecule has 1 aliphatic carbocycles. The first-order valence-corrected chi connectivity index (χ1v) is 12.2. The molecule has 1 heterocycles. The summed E-state index contributed by atoms with van der Waals surface area (Å²) in [4.78, 5) is 24.7. The quantitative estimate of drug-likeness (QED) is 0.363. The first-order valence-electron chi connectivity index (χ1n) is 12.2. The summed E-state index contributed by atoms with van der Waals surface area (Å²) in [5, 5.41) is 4.23. The van der Waals surface area contributed by atoms with Gasteiger partial charge in [0.05, 0.1) is 6.04 Å². The van der Waals surface area contributed by atoms with E-state index in [1.54, 1.807) is 6.07 Å². The third-order valence-electron chi connectivity index (χ3n) is 7.26. The topological polar surface area (TPSA) is 77.1 Å². The number of carbonyl (C=O) groups excluding carboxylic acids is 2. The van der Waals surface area contributed by atoms with E-state index in [9.17, 15) is 9.59 Å². The van der Waals surface area contributed by atoms with E-state index < -0.39 is 5.91 Å². The van der Waals surface area contributed by atoms with Crippen LogP contribution in [0.5, 0.6) is 0 Å². The van der Waals surface area contributed by atoms with Crippen molar-refractivity contribution in [2.45, 2.75) is 52.1 Å². The van der Waals surface area contributed by atoms with Gasteiger partial charge in [0.1, 0.15) is 0 Å². The molecular weight excluding hydrogens is 434 g/mol. The molecule has 0 saturated heterocycles. The summed E-state index contributed by atoms with van der Waals surface area (Å²) < 4.78 is 2.22. The first-order chi connectivity index (χ1) is 16.8. The van der Waals surface area contributed by atoms with Gasteiger partial charge in [0, 0.05) is 34.3 Å². The number of nitrogens with two attached hydrogens (primary N) is 1. The van der Waals surface area contributed by atoms with Crippen molar-refractivity contribution in [3.63, 3.8) is 0 Å². The van der Waals surface area contributed by atoms with E-state index in [-0.39, 0.29) is 11.9 Å². The molecule has 0 bridgehead atoms. The number of aromatic nitrogens is 1. The van der Waals surface area contributed by atoms with Crippen molar-refractivity contribution in [1.82, 2.24) is 9.88 Å². The second-order valence-electron chi connectivity index (χ2n) is 9.73. The van der Waals surface area contributed by atoms with Gasteiger partial charge in [0.15, 0.2) is 0 Å². The summed E-state index contributed by atoms with van der Waals surface area (Å²) in [5.74, 6) is 0.185. The molecule has 178 valence electrons. The molecule has 0 spiro atoms. The molecule has 5 rings (SSSR count). The van der Waals surface area contributed by atoms with E-state index in [1.807, 2.05) is 43.3 Å². The van der Waals surface area contributed by atoms with Gasteiger partial charge >= 0.3 is 0 Å². The van der Waals surface area contributed by atoms with Crippen LogP contribution >= 0.6 is 0 Å². The molecule has 2 amide bonds. The number of fused-ring (bicyclic) bond motifs is 1. The highest BCUT2D eigenvalue weighted by atomic mass is 16.2. The van der Waals surface area contributed by atoms with E-state index in [1.165, 1.54) is 18.4 Å². The molecule has 1 aliphatic rings. The Hall–Kier alpha value is -3.86. The van der Waals surface area contributed by atoms with Crippen molar-refractivity contribution in [3.8, 4) is 0 Å². The summed E-state index contributed by atoms with van der Waals surface area (Å²) in [6.07, 6.45) is 2.53. The van der Waals surface area contributed by atoms with Gasteiger partial charge in [-0.25, -0.2) is 0 Å². The van der Waals surface area contributed by atoms with Gasteiger partial charge in [-0.1, -0.05) is 36.4 Å². The number of rotatable bonds is 7. The Kier molecular flexibility index (Phi) is 5.93. The number of amides is 2. The summed E-state index contributed by atoms with van der Waals surface area (Å²) in [5.41, 5.74) is 13.5. The van der Waals surface area contributed by atoms with Crippen LogP contribution in [0.15, 0.2) is 66.7 Å². The fourth-order valence-corrected chi connectivity index (χ4v) is 4.86. The van der Waals surface area contributed by atoms with Gasteiger partial charge in [-0.15, -0.1) is 0 Å². The number of nitrogens with zero attached hydrogens (tertiary/aromatic N) is 1. The lowest BCUT2D eigenvalue weighted by molar-refractivity contribution is 0.0939. The molecular formula is C30H31N3O2. The standard InChI is InChI=1S/C30H31N3O2/c1-18-20(3)33(17-21-6-4-9-25(14-21)29(31)34)28-13-12-26(16-27(18)28)30(35)32-19(2)23-7-5-8-24(15-23)22-10-11-22/h4-9,12-16,19,22H,10-11,17H2,1-3H3,(H2,31,34)(H,32,35). The van der Waals surface area contributed by atoms with Gasteiger partial charge < -0.3 is 15.6 Å². The van der Waals surface area contributed by atoms with Crippen LogP contribution in [0, 0.1) is 13.8 Å². The average molecular weight is 466 g/mol. The monoisotopic (exact) mass is 465 g/mol. The average Bonchev–Trinajstić information content (AvgIpc) is 3.69. The van der Waals surface area contributed by atoms with Crippen molar-refractivity contribution in [2.24, 2.45) is 5.73 Å². The third-order valence-corrected chi connectivity index (χ3v) is 7.26. The zero-order valence-electron chi connectivity index (χ0n) is 20.5. The van der Waals surface area contributed by atoms with Crippen molar-refractivity contribution in [1.29, 1.82) is 0 Å². The molecule has 1 fully saturated rings. The van der Waals surface area contributed by atoms with Crippen LogP contribution in [0.3, 0.4) is 0 Å². The van der Waals surface area contributed by atoms with Crippen molar-refractivity contribution in [2.75, 3.05) is 0 Å². The largest absolute Gasteiger partial charge is 0.366 e. The Morgan fingerprint density at radius 1 is 1.00 bits per heavy atom. The highest BCUT2D eigenvalue weighted by molar-refractivity contribution is 5.99. The highest BCUT2D eigenvalue weighted by Crippen LogP contribution is 2.40. The number of hydrogen-bond acceptors (Lipinski definition) is 2. The van der Waals surface area contributed by atoms with Gasteiger partial charge in [-0.3, -0.25) is 9.59 Å². The molecule has 0 radical (unpaired) electrons. The van der Waals surface area contributed by atoms with Crippen molar-refractivity contribution in [3.05, 3.63) is 106 Å². The molecule has 3 aromatic carbocycles. The Bertz CT molecular complexity index is 1450. The molecule has 5 heteroatoms. The molecule has 1 saturated carbocycles. The zero-order chi connectivity index (χ0) is 24.7. The predicted molar refractivity (Wildman–Crippen MR) is 140 cm³/mol. The maximum Gasteiger partial charge on any atom is 0.251 e. The Morgan fingerprint density at radius 2 is 1.77 bits per heavy atom. The van der Waals surface area contributed by atoms with Crippen molar-refractivity contribution < 1.29 is 9.59 Å². The minimum absolute atomic E-state index is 0.0677. The van der Waals surface area contributed by atoms with Gasteiger partial charge in [-0.05, 0) is 92.1 Å². The molecule has 3 N–H and O–H groups in total. The third kappa shape index (κ3) is 4.59. The van der Waals surface area contributed by atoms with E-state index >= 15 is 0 Å². The maximum absolute atomic E-state index is 13.1. The van der Waals surface area contributed by atoms with Gasteiger partial charge in [-0.2, -0.15) is 0 Å². The number of primary amides is 1. The number of nitrogens with one attached hydrogen (secondary N) is 1. The minimum Gasteiger partial charge on any atom is -0.366 e. The van der Waals surface area contributed by atoms with E-state index in [0.717, 1.165) is 33.3 Å². The maximum atomic E-state index is 13.1. The lowest BCUT2D eigenvalue weighted by Gasteiger charge is -2.16. The van der Waals surface area contributed by atoms with Crippen LogP contribution in [-0.2, 0) is 6.54 Å². The lowest BCUT2D eigenvalue weighted by atomic mass is 10.0. The summed E-state index contributed by atoms with van der Waals surface area (Å²) in [6.45, 7) is 6.83. The van der Waals surface area contributed by atoms with Gasteiger partial charge in [0.25, 0.3) is 5.91 Å². The number of benzene rings is 3. The Labute approximate surface area is 206 Å². The molecule has 0 aliphatic heterocycles. The SMILES string of the molecule is Cc1c(C)n(Cc2cccc(C(N)=O)c2)c2ccc(C(=O)NC(C)c3cccc(C4CC4)c3)cc12. The Morgan fingerprint density at radius 3 is 2.51 bits per heavy atom. The molecule has 4 aromatic rings. The number of aryl methyl sites for hydroxylation is 1. The highest BCUT2D eigenvalue weighted by Gasteiger charge is 2.24. The molecule has 1 aromatic heterocycles. The predicted octanol–water partition coefficient (Wildman–Crippen LogP) is 5.77. The molecule has 35 heavy (non-hydrogen) atoms. The van der Waals surface area contributed by atoms with Crippen molar-refractivity contribution >= 4 is 22.7 Å². The second-order valence-corrected chi connectivity index (χ2v) is 9.73. The van der Waals surface area contributed by atoms with Crippen LogP contribution in [0.4, 0.5) is 0 Å². The smallest absolute Gasteiger partial charge is 0.251 e. The summed E-state index contributed by atoms with van der Waals surface area (Å²) >= 11 is 0. The molecule has 5 nitrogen and oxygen atoms in total. The normalized spacial score (nSPS) is 14.1. The van der Waals surface area contributed by atoms with Crippen LogP contribution in [0.25, 0.3) is 10.9 Å². The number of hydrogen-bond donors (Lipinski definition) is 2. The van der Waals surface area contributed by atoms with Crippen LogP contribution < -0.4 is 11.1 Å². The first kappa shape index (κ1) is 22.9. The summed E-state index contributed by atoms with van der Waals surface area (Å²) in [7, 11) is 0. The fraction of sp³-hybridized carbons (Fsp3) is 0.267. The fourth-order valence-electron chi connectivity index (χ4n) is 4.86. The van der Waals surface area contributed by atoms with Crippen LogP contribution in [-0.4, -0.2) is 16.4 Å².